The monoisotopic (exact) mass is 478 g/mol. The summed E-state index contributed by atoms with van der Waals surface area (Å²) in [6.45, 7) is 9.93. The van der Waals surface area contributed by atoms with Gasteiger partial charge in [-0.1, -0.05) is 51.0 Å². The van der Waals surface area contributed by atoms with Gasteiger partial charge in [-0.2, -0.15) is 0 Å². The van der Waals surface area contributed by atoms with E-state index in [1.165, 1.54) is 6.42 Å². The Bertz CT molecular complexity index is 1050. The van der Waals surface area contributed by atoms with E-state index in [1.54, 1.807) is 4.90 Å². The second-order valence-corrected chi connectivity index (χ2v) is 9.77. The van der Waals surface area contributed by atoms with E-state index in [0.717, 1.165) is 29.7 Å². The standard InChI is InChI=1S/C29H38N2O4/c1-5-34-25-15-14-21(18-26(25)35-6-2)16-17-31-27(22-11-7-8-12-23(22)29(31)33)28(32)30-24-13-9-10-19(3)20(24)4/h7-8,11-12,14-15,18-20,24,27H,5-6,9-10,13,16-17H2,1-4H3,(H,30,32). The van der Waals surface area contributed by atoms with Crippen molar-refractivity contribution in [3.05, 3.63) is 59.2 Å². The highest BCUT2D eigenvalue weighted by molar-refractivity contribution is 6.04. The fourth-order valence-corrected chi connectivity index (χ4v) is 5.43. The quantitative estimate of drug-likeness (QED) is 0.540. The highest BCUT2D eigenvalue weighted by Crippen LogP contribution is 2.36. The number of amides is 2. The molecule has 1 heterocycles. The average molecular weight is 479 g/mol. The molecule has 1 fully saturated rings. The van der Waals surface area contributed by atoms with Gasteiger partial charge in [0, 0.05) is 18.2 Å². The minimum absolute atomic E-state index is 0.0732. The molecule has 1 aliphatic carbocycles. The molecule has 0 saturated heterocycles. The van der Waals surface area contributed by atoms with Crippen molar-refractivity contribution in [1.29, 1.82) is 0 Å². The van der Waals surface area contributed by atoms with Gasteiger partial charge in [-0.3, -0.25) is 9.59 Å². The van der Waals surface area contributed by atoms with E-state index in [4.69, 9.17) is 9.47 Å². The minimum atomic E-state index is -0.600. The predicted molar refractivity (Wildman–Crippen MR) is 137 cm³/mol. The molecule has 4 atom stereocenters. The van der Waals surface area contributed by atoms with Gasteiger partial charge in [-0.15, -0.1) is 0 Å². The van der Waals surface area contributed by atoms with Crippen LogP contribution in [0.3, 0.4) is 0 Å². The summed E-state index contributed by atoms with van der Waals surface area (Å²) in [6.07, 6.45) is 3.94. The van der Waals surface area contributed by atoms with Crippen LogP contribution < -0.4 is 14.8 Å². The molecule has 6 heteroatoms. The Morgan fingerprint density at radius 1 is 1.03 bits per heavy atom. The first-order chi connectivity index (χ1) is 16.9. The van der Waals surface area contributed by atoms with E-state index >= 15 is 0 Å². The maximum atomic E-state index is 13.6. The molecule has 2 aromatic carbocycles. The fraction of sp³-hybridized carbons (Fsp3) is 0.517. The molecule has 2 aliphatic rings. The normalized spacial score (nSPS) is 23.7. The lowest BCUT2D eigenvalue weighted by Gasteiger charge is -2.36. The van der Waals surface area contributed by atoms with Gasteiger partial charge in [-0.05, 0) is 67.9 Å². The van der Waals surface area contributed by atoms with Gasteiger partial charge >= 0.3 is 0 Å². The van der Waals surface area contributed by atoms with Crippen LogP contribution in [-0.4, -0.2) is 42.5 Å². The van der Waals surface area contributed by atoms with Gasteiger partial charge in [-0.25, -0.2) is 0 Å². The number of ether oxygens (including phenoxy) is 2. The molecular formula is C29H38N2O4. The van der Waals surface area contributed by atoms with Crippen LogP contribution in [-0.2, 0) is 11.2 Å². The number of nitrogens with zero attached hydrogens (tertiary/aromatic N) is 1. The van der Waals surface area contributed by atoms with Crippen molar-refractivity contribution >= 4 is 11.8 Å². The molecule has 188 valence electrons. The smallest absolute Gasteiger partial charge is 0.255 e. The zero-order valence-electron chi connectivity index (χ0n) is 21.4. The van der Waals surface area contributed by atoms with Crippen LogP contribution in [0.5, 0.6) is 11.5 Å². The minimum Gasteiger partial charge on any atom is -0.490 e. The largest absolute Gasteiger partial charge is 0.490 e. The van der Waals surface area contributed by atoms with Crippen molar-refractivity contribution in [1.82, 2.24) is 10.2 Å². The third-order valence-electron chi connectivity index (χ3n) is 7.59. The Morgan fingerprint density at radius 2 is 1.77 bits per heavy atom. The zero-order chi connectivity index (χ0) is 24.9. The van der Waals surface area contributed by atoms with Gasteiger partial charge in [0.05, 0.1) is 13.2 Å². The molecule has 1 N–H and O–H groups in total. The van der Waals surface area contributed by atoms with Crippen molar-refractivity contribution in [3.8, 4) is 11.5 Å². The second kappa shape index (κ2) is 11.1. The van der Waals surface area contributed by atoms with Crippen LogP contribution in [0.1, 0.15) is 74.5 Å². The lowest BCUT2D eigenvalue weighted by Crippen LogP contribution is -2.48. The van der Waals surface area contributed by atoms with E-state index in [9.17, 15) is 9.59 Å². The molecule has 0 bridgehead atoms. The van der Waals surface area contributed by atoms with Gasteiger partial charge in [0.25, 0.3) is 5.91 Å². The summed E-state index contributed by atoms with van der Waals surface area (Å²) in [7, 11) is 0. The van der Waals surface area contributed by atoms with Crippen LogP contribution >= 0.6 is 0 Å². The highest BCUT2D eigenvalue weighted by Gasteiger charge is 2.42. The number of hydrogen-bond acceptors (Lipinski definition) is 4. The number of carbonyl (C=O) groups is 2. The first-order valence-corrected chi connectivity index (χ1v) is 13.0. The Kier molecular flexibility index (Phi) is 7.99. The summed E-state index contributed by atoms with van der Waals surface area (Å²) < 4.78 is 11.4. The van der Waals surface area contributed by atoms with Crippen LogP contribution in [0.2, 0.25) is 0 Å². The van der Waals surface area contributed by atoms with Crippen molar-refractivity contribution < 1.29 is 19.1 Å². The molecule has 2 amide bonds. The van der Waals surface area contributed by atoms with Crippen LogP contribution in [0.25, 0.3) is 0 Å². The molecule has 6 nitrogen and oxygen atoms in total. The number of benzene rings is 2. The molecule has 2 aromatic rings. The lowest BCUT2D eigenvalue weighted by atomic mass is 9.78. The summed E-state index contributed by atoms with van der Waals surface area (Å²) in [5, 5.41) is 3.31. The Morgan fingerprint density at radius 3 is 2.54 bits per heavy atom. The van der Waals surface area contributed by atoms with Crippen LogP contribution in [0.15, 0.2) is 42.5 Å². The SMILES string of the molecule is CCOc1ccc(CCN2C(=O)c3ccccc3C2C(=O)NC2CCCC(C)C2C)cc1OCC. The second-order valence-electron chi connectivity index (χ2n) is 9.77. The van der Waals surface area contributed by atoms with Gasteiger partial charge < -0.3 is 19.7 Å². The number of fused-ring (bicyclic) bond motifs is 1. The summed E-state index contributed by atoms with van der Waals surface area (Å²) in [5.74, 6) is 2.28. The number of rotatable bonds is 9. The Balaban J connectivity index is 1.53. The molecule has 1 saturated carbocycles. The molecule has 0 aromatic heterocycles. The molecule has 0 radical (unpaired) electrons. The van der Waals surface area contributed by atoms with E-state index in [2.05, 4.69) is 19.2 Å². The molecule has 4 rings (SSSR count). The third kappa shape index (κ3) is 5.31. The lowest BCUT2D eigenvalue weighted by molar-refractivity contribution is -0.127. The Labute approximate surface area is 209 Å². The molecular weight excluding hydrogens is 440 g/mol. The predicted octanol–water partition coefficient (Wildman–Crippen LogP) is 5.16. The fourth-order valence-electron chi connectivity index (χ4n) is 5.43. The van der Waals surface area contributed by atoms with Crippen LogP contribution in [0.4, 0.5) is 0 Å². The molecule has 35 heavy (non-hydrogen) atoms. The summed E-state index contributed by atoms with van der Waals surface area (Å²) in [5.41, 5.74) is 2.46. The number of carbonyl (C=O) groups excluding carboxylic acids is 2. The highest BCUT2D eigenvalue weighted by atomic mass is 16.5. The topological polar surface area (TPSA) is 67.9 Å². The van der Waals surface area contributed by atoms with Gasteiger partial charge in [0.15, 0.2) is 11.5 Å². The Hall–Kier alpha value is -3.02. The van der Waals surface area contributed by atoms with Gasteiger partial charge in [0.1, 0.15) is 6.04 Å². The van der Waals surface area contributed by atoms with E-state index in [0.29, 0.717) is 49.3 Å². The summed E-state index contributed by atoms with van der Waals surface area (Å²) in [6, 6.07) is 12.9. The van der Waals surface area contributed by atoms with Crippen LogP contribution in [0, 0.1) is 11.8 Å². The summed E-state index contributed by atoms with van der Waals surface area (Å²) >= 11 is 0. The average Bonchev–Trinajstić information content (AvgIpc) is 3.14. The number of nitrogens with one attached hydrogen (secondary N) is 1. The number of hydrogen-bond donors (Lipinski definition) is 1. The van der Waals surface area contributed by atoms with Crippen molar-refractivity contribution in [3.63, 3.8) is 0 Å². The van der Waals surface area contributed by atoms with E-state index in [-0.39, 0.29) is 17.9 Å². The maximum absolute atomic E-state index is 13.6. The molecule has 0 spiro atoms. The maximum Gasteiger partial charge on any atom is 0.255 e. The van der Waals surface area contributed by atoms with E-state index in [1.807, 2.05) is 56.3 Å². The first kappa shape index (κ1) is 25.1. The molecule has 4 unspecified atom stereocenters. The van der Waals surface area contributed by atoms with Crippen molar-refractivity contribution in [2.75, 3.05) is 19.8 Å². The third-order valence-corrected chi connectivity index (χ3v) is 7.59. The van der Waals surface area contributed by atoms with Crippen molar-refractivity contribution in [2.24, 2.45) is 11.8 Å². The summed E-state index contributed by atoms with van der Waals surface area (Å²) in [4.78, 5) is 28.7. The zero-order valence-corrected chi connectivity index (χ0v) is 21.4. The first-order valence-electron chi connectivity index (χ1n) is 13.0. The van der Waals surface area contributed by atoms with Gasteiger partial charge in [0.2, 0.25) is 5.91 Å². The van der Waals surface area contributed by atoms with Crippen molar-refractivity contribution in [2.45, 2.75) is 65.5 Å². The van der Waals surface area contributed by atoms with E-state index < -0.39 is 6.04 Å². The molecule has 1 aliphatic heterocycles.